The van der Waals surface area contributed by atoms with Crippen LogP contribution in [0.4, 0.5) is 22.7 Å². The minimum absolute atomic E-state index is 0.0253. The number of benzene rings is 6. The van der Waals surface area contributed by atoms with E-state index in [4.69, 9.17) is 0 Å². The van der Waals surface area contributed by atoms with Crippen LogP contribution in [0.3, 0.4) is 0 Å². The average molecular weight is 882 g/mol. The zero-order chi connectivity index (χ0) is 46.1. The fraction of sp³-hybridized carbons (Fsp3) is 0.344. The van der Waals surface area contributed by atoms with Crippen molar-refractivity contribution in [3.05, 3.63) is 155 Å². The largest absolute Gasteiger partial charge is 0.356 e. The maximum atomic E-state index is 2.96. The molecule has 3 nitrogen and oxygen atoms in total. The van der Waals surface area contributed by atoms with E-state index in [0.717, 1.165) is 0 Å². The second kappa shape index (κ2) is 13.8. The normalized spacial score (nSPS) is 20.7. The van der Waals surface area contributed by atoms with Crippen molar-refractivity contribution >= 4 is 90.2 Å². The van der Waals surface area contributed by atoms with Gasteiger partial charge in [0.05, 0.1) is 34.3 Å². The lowest BCUT2D eigenvalue weighted by molar-refractivity contribution is 0.472. The lowest BCUT2D eigenvalue weighted by Crippen LogP contribution is -2.65. The Kier molecular flexibility index (Phi) is 8.81. The molecule has 8 aromatic rings. The summed E-state index contributed by atoms with van der Waals surface area (Å²) in [5.41, 5.74) is 19.2. The van der Waals surface area contributed by atoms with E-state index in [9.17, 15) is 0 Å². The molecule has 0 saturated carbocycles. The van der Waals surface area contributed by atoms with Gasteiger partial charge in [0.1, 0.15) is 0 Å². The van der Waals surface area contributed by atoms with Crippen LogP contribution in [-0.4, -0.2) is 22.3 Å². The van der Waals surface area contributed by atoms with Crippen molar-refractivity contribution in [1.29, 1.82) is 0 Å². The average Bonchev–Trinajstić information content (AvgIpc) is 3.92. The van der Waals surface area contributed by atoms with Crippen LogP contribution in [0, 0.1) is 11.3 Å². The molecule has 0 spiro atoms. The summed E-state index contributed by atoms with van der Waals surface area (Å²) in [5.74, 6) is 0.287. The molecule has 4 aliphatic rings. The first-order valence-corrected chi connectivity index (χ1v) is 25.4. The Morgan fingerprint density at radius 2 is 1.20 bits per heavy atom. The fourth-order valence-electron chi connectivity index (χ4n) is 12.2. The van der Waals surface area contributed by atoms with Gasteiger partial charge < -0.3 is 14.2 Å². The van der Waals surface area contributed by atoms with Crippen molar-refractivity contribution in [3.63, 3.8) is 0 Å². The van der Waals surface area contributed by atoms with E-state index in [2.05, 4.69) is 243 Å². The van der Waals surface area contributed by atoms with Gasteiger partial charge in [0.15, 0.2) is 0 Å². The Balaban J connectivity index is 1.28. The van der Waals surface area contributed by atoms with Gasteiger partial charge >= 0.3 is 0 Å². The molecule has 4 unspecified atom stereocenters. The van der Waals surface area contributed by atoms with E-state index in [1.54, 1.807) is 0 Å². The molecule has 5 heteroatoms. The van der Waals surface area contributed by atoms with E-state index in [1.165, 1.54) is 104 Å². The maximum absolute atomic E-state index is 2.96. The van der Waals surface area contributed by atoms with Gasteiger partial charge in [0, 0.05) is 48.7 Å². The molecule has 332 valence electrons. The summed E-state index contributed by atoms with van der Waals surface area (Å²) < 4.78 is 2.72. The predicted molar refractivity (Wildman–Crippen MR) is 288 cm³/mol. The summed E-state index contributed by atoms with van der Waals surface area (Å²) in [6, 6.07) is 43.6. The minimum Gasteiger partial charge on any atom is -0.356 e. The third-order valence-electron chi connectivity index (χ3n) is 15.8. The van der Waals surface area contributed by atoms with Crippen LogP contribution >= 0.6 is 11.8 Å². The molecule has 0 N–H and O–H groups in total. The predicted octanol–water partition coefficient (Wildman–Crippen LogP) is 15.2. The highest BCUT2D eigenvalue weighted by Crippen LogP contribution is 2.58. The molecule has 0 radical (unpaired) electrons. The van der Waals surface area contributed by atoms with E-state index < -0.39 is 0 Å². The summed E-state index contributed by atoms with van der Waals surface area (Å²) in [7, 11) is 0. The Labute approximate surface area is 397 Å². The Hall–Kier alpha value is -5.39. The van der Waals surface area contributed by atoms with Crippen molar-refractivity contribution in [2.75, 3.05) is 9.80 Å². The summed E-state index contributed by atoms with van der Waals surface area (Å²) >= 11 is 2.12. The number of thioether (sulfide) groups is 1. The number of aromatic nitrogens is 1. The summed E-state index contributed by atoms with van der Waals surface area (Å²) in [5, 5.41) is 5.68. The van der Waals surface area contributed by atoms with Crippen molar-refractivity contribution in [2.45, 2.75) is 128 Å². The van der Waals surface area contributed by atoms with Gasteiger partial charge in [-0.15, -0.1) is 11.8 Å². The molecule has 1 aliphatic carbocycles. The number of hydrogen-bond acceptors (Lipinski definition) is 3. The van der Waals surface area contributed by atoms with Gasteiger partial charge in [-0.2, -0.15) is 0 Å². The maximum Gasteiger partial charge on any atom is 0.233 e. The second-order valence-electron chi connectivity index (χ2n) is 24.3. The van der Waals surface area contributed by atoms with E-state index in [1.807, 2.05) is 0 Å². The van der Waals surface area contributed by atoms with Gasteiger partial charge in [-0.25, -0.2) is 0 Å². The standard InChI is InChI=1S/C61H64BN3S/c1-35-30-37(59(5,6)7)24-28-47(35)64-55-41-18-14-17-21-51(41)66-57(55)62-46-19-15-16-20-49(46)63(40-26-22-36(23-27-40)58(2,3)4)50-34-45-44-33-39(61(11,12)13)32-43-42-31-38(60(8,9)10)25-29-48(42)65(53(43)44)54(45)56(64)52(50)62/h14-35,47,55,57H,1-13H3. The summed E-state index contributed by atoms with van der Waals surface area (Å²) in [6.07, 6.45) is 7.64. The quantitative estimate of drug-likeness (QED) is 0.160. The van der Waals surface area contributed by atoms with Crippen LogP contribution in [0.5, 0.6) is 0 Å². The molecule has 66 heavy (non-hydrogen) atoms. The fourth-order valence-corrected chi connectivity index (χ4v) is 13.8. The minimum atomic E-state index is -0.0414. The second-order valence-corrected chi connectivity index (χ2v) is 25.5. The third-order valence-corrected chi connectivity index (χ3v) is 17.2. The Bertz CT molecular complexity index is 3380. The third kappa shape index (κ3) is 5.96. The number of rotatable bonds is 2. The zero-order valence-electron chi connectivity index (χ0n) is 41.3. The van der Waals surface area contributed by atoms with Gasteiger partial charge in [-0.05, 0) is 121 Å². The molecule has 0 amide bonds. The van der Waals surface area contributed by atoms with Crippen LogP contribution < -0.4 is 20.7 Å². The zero-order valence-corrected chi connectivity index (χ0v) is 42.1. The number of fused-ring (bicyclic) bond motifs is 13. The molecular formula is C61H64BN3S. The van der Waals surface area contributed by atoms with Crippen molar-refractivity contribution in [3.8, 4) is 0 Å². The van der Waals surface area contributed by atoms with Gasteiger partial charge in [-0.1, -0.05) is 163 Å². The van der Waals surface area contributed by atoms with Crippen molar-refractivity contribution in [2.24, 2.45) is 11.3 Å². The first-order chi connectivity index (χ1) is 31.2. The summed E-state index contributed by atoms with van der Waals surface area (Å²) in [6.45, 7) is 30.9. The number of para-hydroxylation sites is 1. The smallest absolute Gasteiger partial charge is 0.233 e. The molecular weight excluding hydrogens is 818 g/mol. The van der Waals surface area contributed by atoms with Gasteiger partial charge in [-0.3, -0.25) is 0 Å². The van der Waals surface area contributed by atoms with Crippen LogP contribution in [0.15, 0.2) is 138 Å². The van der Waals surface area contributed by atoms with E-state index in [0.29, 0.717) is 0 Å². The first-order valence-electron chi connectivity index (χ1n) is 24.5. The molecule has 0 saturated heterocycles. The molecule has 12 rings (SSSR count). The molecule has 0 bridgehead atoms. The summed E-state index contributed by atoms with van der Waals surface area (Å²) in [4.78, 5) is 7.01. The van der Waals surface area contributed by atoms with Crippen LogP contribution in [0.2, 0.25) is 0 Å². The lowest BCUT2D eigenvalue weighted by atomic mass is 9.33. The monoisotopic (exact) mass is 881 g/mol. The van der Waals surface area contributed by atoms with Crippen LogP contribution in [-0.2, 0) is 16.2 Å². The highest BCUT2D eigenvalue weighted by atomic mass is 32.2. The molecule has 2 aromatic heterocycles. The van der Waals surface area contributed by atoms with Crippen molar-refractivity contribution in [1.82, 2.24) is 4.40 Å². The molecule has 6 aromatic carbocycles. The number of nitrogens with zero attached hydrogens (tertiary/aromatic N) is 3. The molecule has 0 fully saturated rings. The highest BCUT2D eigenvalue weighted by Gasteiger charge is 2.56. The van der Waals surface area contributed by atoms with E-state index in [-0.39, 0.29) is 51.5 Å². The molecule has 4 atom stereocenters. The topological polar surface area (TPSA) is 10.9 Å². The Morgan fingerprint density at radius 1 is 0.576 bits per heavy atom. The van der Waals surface area contributed by atoms with Crippen LogP contribution in [0.25, 0.3) is 38.1 Å². The van der Waals surface area contributed by atoms with Gasteiger partial charge in [0.25, 0.3) is 0 Å². The SMILES string of the molecule is CC1C=C(C(C)(C)C)C=CC1N1c2c3c(cc4c5cc(C(C)(C)C)cc6c7cc(C(C)(C)C)ccc7n(c24)c65)N(c2ccc(C(C)(C)C)cc2)c2ccccc2B3C2Sc3ccccc3C21. The number of anilines is 4. The number of allylic oxidation sites excluding steroid dienone is 2. The first kappa shape index (κ1) is 42.0. The molecule has 3 aliphatic heterocycles. The van der Waals surface area contributed by atoms with Crippen LogP contribution in [0.1, 0.15) is 118 Å². The Morgan fingerprint density at radius 3 is 1.88 bits per heavy atom. The lowest BCUT2D eigenvalue weighted by Gasteiger charge is -2.52. The number of hydrogen-bond donors (Lipinski definition) is 0. The van der Waals surface area contributed by atoms with Gasteiger partial charge in [0.2, 0.25) is 6.71 Å². The highest BCUT2D eigenvalue weighted by molar-refractivity contribution is 8.02. The van der Waals surface area contributed by atoms with Crippen molar-refractivity contribution < 1.29 is 0 Å². The molecule has 5 heterocycles. The van der Waals surface area contributed by atoms with E-state index >= 15 is 0 Å².